The molecule has 0 saturated heterocycles. The molecule has 1 aromatic heterocycles. The van der Waals surface area contributed by atoms with Crippen LogP contribution in [0.4, 0.5) is 0 Å². The van der Waals surface area contributed by atoms with Gasteiger partial charge in [0.05, 0.1) is 24.8 Å². The van der Waals surface area contributed by atoms with E-state index >= 15 is 0 Å². The first-order valence-electron chi connectivity index (χ1n) is 7.75. The van der Waals surface area contributed by atoms with Crippen LogP contribution in [0.1, 0.15) is 24.3 Å². The molecule has 0 amide bonds. The Morgan fingerprint density at radius 2 is 1.92 bits per heavy atom. The van der Waals surface area contributed by atoms with Gasteiger partial charge >= 0.3 is 11.9 Å². The van der Waals surface area contributed by atoms with Gasteiger partial charge in [0.2, 0.25) is 0 Å². The maximum Gasteiger partial charge on any atom is 0.361 e. The molecule has 2 aromatic rings. The van der Waals surface area contributed by atoms with Gasteiger partial charge in [-0.05, 0) is 41.9 Å². The van der Waals surface area contributed by atoms with Crippen LogP contribution in [0.2, 0.25) is 0 Å². The number of aromatic nitrogens is 3. The van der Waals surface area contributed by atoms with Gasteiger partial charge in [-0.15, -0.1) is 5.10 Å². The maximum absolute atomic E-state index is 12.0. The van der Waals surface area contributed by atoms with Crippen LogP contribution in [0.15, 0.2) is 16.6 Å². The number of carbonyl (C=O) groups is 2. The summed E-state index contributed by atoms with van der Waals surface area (Å²) in [4.78, 5) is 23.3. The molecule has 1 heterocycles. The number of halogens is 1. The van der Waals surface area contributed by atoms with Gasteiger partial charge in [-0.25, -0.2) is 9.59 Å². The van der Waals surface area contributed by atoms with Gasteiger partial charge in [-0.2, -0.15) is 10.3 Å². The molecule has 0 aliphatic rings. The lowest BCUT2D eigenvalue weighted by molar-refractivity contribution is -0.142. The molecule has 0 fully saturated rings. The minimum Gasteiger partial charge on any atom is -0.490 e. The Bertz CT molecular complexity index is 792. The second-order valence-electron chi connectivity index (χ2n) is 4.82. The lowest BCUT2D eigenvalue weighted by atomic mass is 10.1. The zero-order valence-corrected chi connectivity index (χ0v) is 16.1. The number of ether oxygens (including phenoxy) is 4. The predicted octanol–water partition coefficient (Wildman–Crippen LogP) is 2.36. The first-order chi connectivity index (χ1) is 12.5. The number of benzene rings is 1. The zero-order valence-electron chi connectivity index (χ0n) is 14.5. The summed E-state index contributed by atoms with van der Waals surface area (Å²) in [7, 11) is 1.27. The molecule has 0 spiro atoms. The summed E-state index contributed by atoms with van der Waals surface area (Å²) in [6, 6.07) is 3.32. The molecule has 0 unspecified atom stereocenters. The molecule has 0 radical (unpaired) electrons. The van der Waals surface area contributed by atoms with E-state index in [1.165, 1.54) is 7.11 Å². The molecular formula is C16H18BrN3O6. The van der Waals surface area contributed by atoms with Crippen LogP contribution in [-0.2, 0) is 14.3 Å². The fourth-order valence-corrected chi connectivity index (χ4v) is 2.63. The van der Waals surface area contributed by atoms with Gasteiger partial charge in [0.1, 0.15) is 5.69 Å². The fraction of sp³-hybridized carbons (Fsp3) is 0.375. The zero-order chi connectivity index (χ0) is 19.1. The van der Waals surface area contributed by atoms with Crippen LogP contribution in [0.3, 0.4) is 0 Å². The van der Waals surface area contributed by atoms with Crippen LogP contribution in [0.25, 0.3) is 11.3 Å². The summed E-state index contributed by atoms with van der Waals surface area (Å²) in [6.07, 6.45) is 0. The number of aromatic amines is 1. The molecule has 1 aromatic carbocycles. The molecule has 0 atom stereocenters. The molecule has 2 rings (SSSR count). The van der Waals surface area contributed by atoms with Crippen molar-refractivity contribution in [3.8, 4) is 22.8 Å². The van der Waals surface area contributed by atoms with E-state index in [0.29, 0.717) is 33.8 Å². The quantitative estimate of drug-likeness (QED) is 0.638. The number of hydrogen-bond acceptors (Lipinski definition) is 8. The van der Waals surface area contributed by atoms with Crippen LogP contribution in [0.5, 0.6) is 11.5 Å². The smallest absolute Gasteiger partial charge is 0.361 e. The number of hydrogen-bond donors (Lipinski definition) is 1. The number of nitrogens with one attached hydrogen (secondary N) is 1. The first kappa shape index (κ1) is 19.7. The highest BCUT2D eigenvalue weighted by Gasteiger charge is 2.22. The van der Waals surface area contributed by atoms with Crippen LogP contribution >= 0.6 is 15.9 Å². The van der Waals surface area contributed by atoms with Gasteiger partial charge in [0, 0.05) is 5.56 Å². The standard InChI is InChI=1S/C16H18BrN3O6/c1-4-24-11-7-9(6-10(17)15(11)26-8-12(21)23-3)13-14(19-20-18-13)16(22)25-5-2/h6-7H,4-5,8H2,1-3H3,(H,18,19,20). The van der Waals surface area contributed by atoms with Crippen molar-refractivity contribution in [3.63, 3.8) is 0 Å². The van der Waals surface area contributed by atoms with Crippen molar-refractivity contribution in [2.24, 2.45) is 0 Å². The highest BCUT2D eigenvalue weighted by molar-refractivity contribution is 9.10. The number of H-pyrrole nitrogens is 1. The molecule has 0 aliphatic carbocycles. The predicted molar refractivity (Wildman–Crippen MR) is 94.2 cm³/mol. The third-order valence-electron chi connectivity index (χ3n) is 3.16. The molecule has 9 nitrogen and oxygen atoms in total. The number of carbonyl (C=O) groups excluding carboxylic acids is 2. The highest BCUT2D eigenvalue weighted by Crippen LogP contribution is 2.40. The van der Waals surface area contributed by atoms with Gasteiger partial charge in [0.15, 0.2) is 23.8 Å². The lowest BCUT2D eigenvalue weighted by Crippen LogP contribution is -2.13. The fourth-order valence-electron chi connectivity index (χ4n) is 2.07. The van der Waals surface area contributed by atoms with E-state index < -0.39 is 11.9 Å². The Morgan fingerprint density at radius 1 is 1.15 bits per heavy atom. The maximum atomic E-state index is 12.0. The van der Waals surface area contributed by atoms with Gasteiger partial charge in [0.25, 0.3) is 0 Å². The SMILES string of the molecule is CCOC(=O)c1n[nH]nc1-c1cc(Br)c(OCC(=O)OC)c(OCC)c1. The highest BCUT2D eigenvalue weighted by atomic mass is 79.9. The monoisotopic (exact) mass is 427 g/mol. The third-order valence-corrected chi connectivity index (χ3v) is 3.75. The van der Waals surface area contributed by atoms with Crippen molar-refractivity contribution in [2.45, 2.75) is 13.8 Å². The van der Waals surface area contributed by atoms with E-state index in [4.69, 9.17) is 14.2 Å². The average molecular weight is 428 g/mol. The largest absolute Gasteiger partial charge is 0.490 e. The molecule has 0 aliphatic heterocycles. The average Bonchev–Trinajstić information content (AvgIpc) is 3.11. The second-order valence-corrected chi connectivity index (χ2v) is 5.68. The van der Waals surface area contributed by atoms with Gasteiger partial charge < -0.3 is 18.9 Å². The van der Waals surface area contributed by atoms with E-state index in [-0.39, 0.29) is 18.9 Å². The topological polar surface area (TPSA) is 113 Å². The number of rotatable bonds is 8. The van der Waals surface area contributed by atoms with Crippen molar-refractivity contribution < 1.29 is 28.5 Å². The Morgan fingerprint density at radius 3 is 2.58 bits per heavy atom. The molecular weight excluding hydrogens is 410 g/mol. The second kappa shape index (κ2) is 9.18. The Balaban J connectivity index is 2.41. The molecule has 0 saturated carbocycles. The minimum absolute atomic E-state index is 0.0597. The summed E-state index contributed by atoms with van der Waals surface area (Å²) in [5.74, 6) is -0.401. The van der Waals surface area contributed by atoms with Crippen LogP contribution in [-0.4, -0.2) is 54.3 Å². The van der Waals surface area contributed by atoms with Crippen LogP contribution in [0, 0.1) is 0 Å². The summed E-state index contributed by atoms with van der Waals surface area (Å²) >= 11 is 3.39. The third kappa shape index (κ3) is 4.51. The van der Waals surface area contributed by atoms with Crippen LogP contribution < -0.4 is 9.47 Å². The first-order valence-corrected chi connectivity index (χ1v) is 8.55. The Labute approximate surface area is 158 Å². The molecule has 26 heavy (non-hydrogen) atoms. The summed E-state index contributed by atoms with van der Waals surface area (Å²) < 4.78 is 21.1. The number of methoxy groups -OCH3 is 1. The molecule has 1 N–H and O–H groups in total. The molecule has 0 bridgehead atoms. The van der Waals surface area contributed by atoms with Crippen molar-refractivity contribution in [3.05, 3.63) is 22.3 Å². The van der Waals surface area contributed by atoms with E-state index in [1.807, 2.05) is 6.92 Å². The van der Waals surface area contributed by atoms with E-state index in [1.54, 1.807) is 19.1 Å². The van der Waals surface area contributed by atoms with Gasteiger partial charge in [-0.1, -0.05) is 0 Å². The van der Waals surface area contributed by atoms with Crippen molar-refractivity contribution in [1.29, 1.82) is 0 Å². The molecule has 10 heteroatoms. The number of esters is 2. The van der Waals surface area contributed by atoms with Crippen molar-refractivity contribution in [1.82, 2.24) is 15.4 Å². The van der Waals surface area contributed by atoms with Crippen molar-refractivity contribution in [2.75, 3.05) is 26.9 Å². The van der Waals surface area contributed by atoms with Gasteiger partial charge in [-0.3, -0.25) is 0 Å². The Kier molecular flexibility index (Phi) is 6.96. The van der Waals surface area contributed by atoms with E-state index in [0.717, 1.165) is 0 Å². The normalized spacial score (nSPS) is 10.3. The summed E-state index contributed by atoms with van der Waals surface area (Å²) in [6.45, 7) is 3.83. The molecule has 140 valence electrons. The lowest BCUT2D eigenvalue weighted by Gasteiger charge is -2.14. The van der Waals surface area contributed by atoms with E-state index in [9.17, 15) is 9.59 Å². The summed E-state index contributed by atoms with van der Waals surface area (Å²) in [5.41, 5.74) is 0.927. The Hall–Kier alpha value is -2.62. The summed E-state index contributed by atoms with van der Waals surface area (Å²) in [5, 5.41) is 10.3. The van der Waals surface area contributed by atoms with E-state index in [2.05, 4.69) is 36.1 Å². The number of nitrogens with zero attached hydrogens (tertiary/aromatic N) is 2. The minimum atomic E-state index is -0.587. The van der Waals surface area contributed by atoms with Crippen molar-refractivity contribution >= 4 is 27.9 Å².